The zero-order valence-corrected chi connectivity index (χ0v) is 12.5. The lowest BCUT2D eigenvalue weighted by Crippen LogP contribution is -2.56. The minimum Gasteiger partial charge on any atom is -0.329 e. The molecule has 9 heteroatoms. The molecule has 1 aromatic heterocycles. The van der Waals surface area contributed by atoms with Crippen molar-refractivity contribution < 1.29 is 13.2 Å². The van der Waals surface area contributed by atoms with E-state index in [-0.39, 0.29) is 12.1 Å². The van der Waals surface area contributed by atoms with Crippen molar-refractivity contribution in [2.24, 2.45) is 5.73 Å². The Bertz CT molecular complexity index is 531. The van der Waals surface area contributed by atoms with Gasteiger partial charge in [-0.05, 0) is 6.42 Å². The number of rotatable bonds is 2. The minimum absolute atomic E-state index is 0.125. The zero-order valence-electron chi connectivity index (χ0n) is 11.7. The van der Waals surface area contributed by atoms with Crippen molar-refractivity contribution in [3.05, 3.63) is 11.6 Å². The SMILES string of the molecule is CC1CC(CN)(N2CCn3c(nnc3C(F)(F)F)C2)CS1. The Hall–Kier alpha value is -0.800. The van der Waals surface area contributed by atoms with Crippen LogP contribution < -0.4 is 5.73 Å². The van der Waals surface area contributed by atoms with Gasteiger partial charge in [0.2, 0.25) is 5.82 Å². The summed E-state index contributed by atoms with van der Waals surface area (Å²) in [6.45, 7) is 3.88. The topological polar surface area (TPSA) is 60.0 Å². The molecule has 5 nitrogen and oxygen atoms in total. The van der Waals surface area contributed by atoms with E-state index in [1.165, 1.54) is 4.57 Å². The minimum atomic E-state index is -4.45. The van der Waals surface area contributed by atoms with Crippen LogP contribution in [0.1, 0.15) is 25.0 Å². The predicted molar refractivity (Wildman–Crippen MR) is 73.8 cm³/mol. The van der Waals surface area contributed by atoms with Crippen LogP contribution in [-0.4, -0.2) is 49.3 Å². The molecule has 3 heterocycles. The molecule has 2 aliphatic rings. The molecule has 2 unspecified atom stereocenters. The Morgan fingerprint density at radius 3 is 2.71 bits per heavy atom. The summed E-state index contributed by atoms with van der Waals surface area (Å²) in [7, 11) is 0. The summed E-state index contributed by atoms with van der Waals surface area (Å²) in [6.07, 6.45) is -3.48. The summed E-state index contributed by atoms with van der Waals surface area (Å²) in [5.41, 5.74) is 5.85. The van der Waals surface area contributed by atoms with E-state index in [1.807, 2.05) is 11.8 Å². The fraction of sp³-hybridized carbons (Fsp3) is 0.833. The van der Waals surface area contributed by atoms with Gasteiger partial charge >= 0.3 is 6.18 Å². The normalized spacial score (nSPS) is 30.6. The number of nitrogens with zero attached hydrogens (tertiary/aromatic N) is 4. The standard InChI is InChI=1S/C12H18F3N5S/c1-8-4-11(6-16,7-21-8)19-2-3-20-9(5-19)17-18-10(20)12(13,14)15/h8H,2-7,16H2,1H3. The van der Waals surface area contributed by atoms with Crippen molar-refractivity contribution in [1.29, 1.82) is 0 Å². The Balaban J connectivity index is 1.84. The number of hydrogen-bond acceptors (Lipinski definition) is 5. The molecule has 118 valence electrons. The van der Waals surface area contributed by atoms with Crippen molar-refractivity contribution in [1.82, 2.24) is 19.7 Å². The molecule has 2 aliphatic heterocycles. The van der Waals surface area contributed by atoms with Crippen molar-refractivity contribution >= 4 is 11.8 Å². The zero-order chi connectivity index (χ0) is 15.3. The summed E-state index contributed by atoms with van der Waals surface area (Å²) < 4.78 is 39.7. The number of fused-ring (bicyclic) bond motifs is 1. The summed E-state index contributed by atoms with van der Waals surface area (Å²) in [5.74, 6) is 0.407. The summed E-state index contributed by atoms with van der Waals surface area (Å²) >= 11 is 1.87. The second-order valence-electron chi connectivity index (χ2n) is 5.76. The highest BCUT2D eigenvalue weighted by Crippen LogP contribution is 2.40. The quantitative estimate of drug-likeness (QED) is 0.891. The Kier molecular flexibility index (Phi) is 3.69. The van der Waals surface area contributed by atoms with Crippen LogP contribution in [0.4, 0.5) is 13.2 Å². The van der Waals surface area contributed by atoms with E-state index in [9.17, 15) is 13.2 Å². The lowest BCUT2D eigenvalue weighted by atomic mass is 9.93. The maximum atomic E-state index is 12.8. The largest absolute Gasteiger partial charge is 0.451 e. The summed E-state index contributed by atoms with van der Waals surface area (Å²) in [6, 6.07) is 0. The van der Waals surface area contributed by atoms with E-state index in [4.69, 9.17) is 5.73 Å². The molecule has 21 heavy (non-hydrogen) atoms. The molecule has 0 aromatic carbocycles. The van der Waals surface area contributed by atoms with Crippen molar-refractivity contribution in [3.63, 3.8) is 0 Å². The average Bonchev–Trinajstić information content (AvgIpc) is 3.01. The monoisotopic (exact) mass is 321 g/mol. The molecular formula is C12H18F3N5S. The molecule has 3 rings (SSSR count). The first-order chi connectivity index (χ1) is 9.86. The van der Waals surface area contributed by atoms with Gasteiger partial charge in [0.25, 0.3) is 0 Å². The van der Waals surface area contributed by atoms with Gasteiger partial charge in [-0.15, -0.1) is 10.2 Å². The molecule has 0 bridgehead atoms. The number of alkyl halides is 3. The number of nitrogens with two attached hydrogens (primary N) is 1. The van der Waals surface area contributed by atoms with Gasteiger partial charge in [0.05, 0.1) is 6.54 Å². The summed E-state index contributed by atoms with van der Waals surface area (Å²) in [4.78, 5) is 2.19. The van der Waals surface area contributed by atoms with Crippen LogP contribution in [-0.2, 0) is 19.3 Å². The van der Waals surface area contributed by atoms with Crippen LogP contribution in [0.5, 0.6) is 0 Å². The maximum Gasteiger partial charge on any atom is 0.451 e. The fourth-order valence-corrected chi connectivity index (χ4v) is 4.66. The molecule has 0 aliphatic carbocycles. The first kappa shape index (κ1) is 15.1. The van der Waals surface area contributed by atoms with Gasteiger partial charge < -0.3 is 10.3 Å². The third kappa shape index (κ3) is 2.55. The van der Waals surface area contributed by atoms with E-state index >= 15 is 0 Å². The fourth-order valence-electron chi connectivity index (χ4n) is 3.21. The molecular weight excluding hydrogens is 303 g/mol. The van der Waals surface area contributed by atoms with Gasteiger partial charge in [-0.25, -0.2) is 0 Å². The van der Waals surface area contributed by atoms with Crippen molar-refractivity contribution in [3.8, 4) is 0 Å². The first-order valence-corrected chi connectivity index (χ1v) is 7.96. The second kappa shape index (κ2) is 5.13. The lowest BCUT2D eigenvalue weighted by molar-refractivity contribution is -0.148. The predicted octanol–water partition coefficient (Wildman–Crippen LogP) is 1.34. The molecule has 0 spiro atoms. The highest BCUT2D eigenvalue weighted by atomic mass is 32.2. The van der Waals surface area contributed by atoms with Gasteiger partial charge in [-0.2, -0.15) is 24.9 Å². The van der Waals surface area contributed by atoms with E-state index in [2.05, 4.69) is 22.0 Å². The number of aromatic nitrogens is 3. The first-order valence-electron chi connectivity index (χ1n) is 6.92. The molecule has 1 saturated heterocycles. The van der Waals surface area contributed by atoms with E-state index < -0.39 is 12.0 Å². The molecule has 1 aromatic rings. The van der Waals surface area contributed by atoms with Gasteiger partial charge in [0, 0.05) is 36.2 Å². The molecule has 0 saturated carbocycles. The van der Waals surface area contributed by atoms with Crippen LogP contribution in [0.15, 0.2) is 0 Å². The van der Waals surface area contributed by atoms with Crippen LogP contribution in [0.25, 0.3) is 0 Å². The molecule has 2 atom stereocenters. The molecule has 1 fully saturated rings. The van der Waals surface area contributed by atoms with Crippen LogP contribution in [0, 0.1) is 0 Å². The second-order valence-corrected chi connectivity index (χ2v) is 7.19. The van der Waals surface area contributed by atoms with Crippen LogP contribution in [0.2, 0.25) is 0 Å². The van der Waals surface area contributed by atoms with Gasteiger partial charge in [-0.3, -0.25) is 4.90 Å². The third-order valence-electron chi connectivity index (χ3n) is 4.36. The van der Waals surface area contributed by atoms with Crippen molar-refractivity contribution in [2.75, 3.05) is 18.8 Å². The number of thioether (sulfide) groups is 1. The molecule has 0 amide bonds. The number of hydrogen-bond donors (Lipinski definition) is 1. The van der Waals surface area contributed by atoms with Crippen molar-refractivity contribution in [2.45, 2.75) is 43.4 Å². The Morgan fingerprint density at radius 1 is 1.38 bits per heavy atom. The Morgan fingerprint density at radius 2 is 2.14 bits per heavy atom. The van der Waals surface area contributed by atoms with Gasteiger partial charge in [0.1, 0.15) is 5.82 Å². The van der Waals surface area contributed by atoms with E-state index in [0.717, 1.165) is 12.2 Å². The highest BCUT2D eigenvalue weighted by molar-refractivity contribution is 8.00. The van der Waals surface area contributed by atoms with Gasteiger partial charge in [-0.1, -0.05) is 6.92 Å². The van der Waals surface area contributed by atoms with Crippen LogP contribution in [0.3, 0.4) is 0 Å². The maximum absolute atomic E-state index is 12.8. The Labute approximate surface area is 125 Å². The highest BCUT2D eigenvalue weighted by Gasteiger charge is 2.45. The summed E-state index contributed by atoms with van der Waals surface area (Å²) in [5, 5.41) is 7.58. The molecule has 0 radical (unpaired) electrons. The van der Waals surface area contributed by atoms with E-state index in [1.54, 1.807) is 0 Å². The van der Waals surface area contributed by atoms with E-state index in [0.29, 0.717) is 30.7 Å². The van der Waals surface area contributed by atoms with Crippen LogP contribution >= 0.6 is 11.8 Å². The molecule has 2 N–H and O–H groups in total. The number of halogens is 3. The smallest absolute Gasteiger partial charge is 0.329 e. The third-order valence-corrected chi connectivity index (χ3v) is 5.80. The van der Waals surface area contributed by atoms with Gasteiger partial charge in [0.15, 0.2) is 0 Å². The average molecular weight is 321 g/mol. The lowest BCUT2D eigenvalue weighted by Gasteiger charge is -2.42.